The van der Waals surface area contributed by atoms with Gasteiger partial charge < -0.3 is 10.1 Å². The number of nitrogens with zero attached hydrogens (tertiary/aromatic N) is 1. The zero-order chi connectivity index (χ0) is 13.5. The number of nitro groups is 1. The molecule has 0 amide bonds. The SMILES string of the molecule is O=[N+]([O-])c1ccc(NCCOCC(F)F)c(Br)c1. The number of anilines is 1. The zero-order valence-electron chi connectivity index (χ0n) is 9.24. The number of nitrogens with one attached hydrogen (secondary N) is 1. The summed E-state index contributed by atoms with van der Waals surface area (Å²) in [5.74, 6) is 0. The molecule has 0 aromatic heterocycles. The molecule has 5 nitrogen and oxygen atoms in total. The number of halogens is 3. The third-order valence-electron chi connectivity index (χ3n) is 1.97. The van der Waals surface area contributed by atoms with Crippen LogP contribution in [0, 0.1) is 10.1 Å². The average molecular weight is 325 g/mol. The van der Waals surface area contributed by atoms with Crippen LogP contribution < -0.4 is 5.32 Å². The molecule has 1 aromatic carbocycles. The molecule has 0 aliphatic rings. The Kier molecular flexibility index (Phi) is 5.93. The summed E-state index contributed by atoms with van der Waals surface area (Å²) in [7, 11) is 0. The van der Waals surface area contributed by atoms with E-state index in [2.05, 4.69) is 26.0 Å². The van der Waals surface area contributed by atoms with Gasteiger partial charge in [-0.05, 0) is 22.0 Å². The van der Waals surface area contributed by atoms with Gasteiger partial charge in [0.05, 0.1) is 11.5 Å². The predicted molar refractivity (Wildman–Crippen MR) is 66.1 cm³/mol. The number of hydrogen-bond acceptors (Lipinski definition) is 4. The Bertz CT molecular complexity index is 418. The lowest BCUT2D eigenvalue weighted by Gasteiger charge is -2.08. The second kappa shape index (κ2) is 7.22. The number of benzene rings is 1. The first kappa shape index (κ1) is 14.8. The highest BCUT2D eigenvalue weighted by atomic mass is 79.9. The van der Waals surface area contributed by atoms with E-state index < -0.39 is 18.0 Å². The van der Waals surface area contributed by atoms with Gasteiger partial charge >= 0.3 is 0 Å². The van der Waals surface area contributed by atoms with Gasteiger partial charge in [-0.1, -0.05) is 0 Å². The molecule has 0 spiro atoms. The second-order valence-electron chi connectivity index (χ2n) is 3.31. The van der Waals surface area contributed by atoms with Crippen molar-refractivity contribution < 1.29 is 18.4 Å². The Hall–Kier alpha value is -1.28. The highest BCUT2D eigenvalue weighted by molar-refractivity contribution is 9.10. The van der Waals surface area contributed by atoms with Crippen molar-refractivity contribution in [2.24, 2.45) is 0 Å². The summed E-state index contributed by atoms with van der Waals surface area (Å²) >= 11 is 3.18. The molecule has 0 atom stereocenters. The number of alkyl halides is 2. The van der Waals surface area contributed by atoms with Crippen molar-refractivity contribution in [3.63, 3.8) is 0 Å². The summed E-state index contributed by atoms with van der Waals surface area (Å²) in [5, 5.41) is 13.4. The van der Waals surface area contributed by atoms with E-state index >= 15 is 0 Å². The first-order chi connectivity index (χ1) is 8.50. The Labute approximate surface area is 110 Å². The van der Waals surface area contributed by atoms with E-state index in [0.717, 1.165) is 0 Å². The molecule has 0 fully saturated rings. The van der Waals surface area contributed by atoms with E-state index in [9.17, 15) is 18.9 Å². The van der Waals surface area contributed by atoms with Gasteiger partial charge in [-0.15, -0.1) is 0 Å². The maximum Gasteiger partial charge on any atom is 0.270 e. The quantitative estimate of drug-likeness (QED) is 0.475. The molecule has 0 bridgehead atoms. The number of rotatable bonds is 7. The van der Waals surface area contributed by atoms with Crippen LogP contribution in [0.5, 0.6) is 0 Å². The lowest BCUT2D eigenvalue weighted by atomic mass is 10.3. The standard InChI is InChI=1S/C10H11BrF2N2O3/c11-8-5-7(15(16)17)1-2-9(8)14-3-4-18-6-10(12)13/h1-2,5,10,14H,3-4,6H2. The van der Waals surface area contributed by atoms with E-state index in [4.69, 9.17) is 0 Å². The van der Waals surface area contributed by atoms with Crippen LogP contribution in [0.15, 0.2) is 22.7 Å². The monoisotopic (exact) mass is 324 g/mol. The fourth-order valence-electron chi connectivity index (χ4n) is 1.19. The Balaban J connectivity index is 2.41. The highest BCUT2D eigenvalue weighted by Crippen LogP contribution is 2.26. The van der Waals surface area contributed by atoms with Gasteiger partial charge in [0.2, 0.25) is 0 Å². The van der Waals surface area contributed by atoms with Crippen molar-refractivity contribution in [1.29, 1.82) is 0 Å². The zero-order valence-corrected chi connectivity index (χ0v) is 10.8. The Morgan fingerprint density at radius 1 is 1.50 bits per heavy atom. The van der Waals surface area contributed by atoms with Gasteiger partial charge in [0.25, 0.3) is 12.1 Å². The third-order valence-corrected chi connectivity index (χ3v) is 2.63. The molecule has 100 valence electrons. The normalized spacial score (nSPS) is 10.7. The van der Waals surface area contributed by atoms with E-state index in [-0.39, 0.29) is 12.3 Å². The predicted octanol–water partition coefficient (Wildman–Crippen LogP) is 3.05. The van der Waals surface area contributed by atoms with Gasteiger partial charge in [-0.2, -0.15) is 0 Å². The summed E-state index contributed by atoms with van der Waals surface area (Å²) < 4.78 is 28.7. The Morgan fingerprint density at radius 2 is 2.22 bits per heavy atom. The van der Waals surface area contributed by atoms with Crippen LogP contribution in [0.3, 0.4) is 0 Å². The van der Waals surface area contributed by atoms with Crippen molar-refractivity contribution in [1.82, 2.24) is 0 Å². The van der Waals surface area contributed by atoms with Crippen LogP contribution in [-0.4, -0.2) is 31.1 Å². The van der Waals surface area contributed by atoms with E-state index in [0.29, 0.717) is 16.7 Å². The van der Waals surface area contributed by atoms with Gasteiger partial charge in [0.15, 0.2) is 0 Å². The maximum absolute atomic E-state index is 11.8. The number of ether oxygens (including phenoxy) is 1. The van der Waals surface area contributed by atoms with Gasteiger partial charge in [-0.3, -0.25) is 10.1 Å². The molecular formula is C10H11BrF2N2O3. The molecule has 0 unspecified atom stereocenters. The number of nitro benzene ring substituents is 1. The highest BCUT2D eigenvalue weighted by Gasteiger charge is 2.08. The van der Waals surface area contributed by atoms with Crippen molar-refractivity contribution in [3.8, 4) is 0 Å². The van der Waals surface area contributed by atoms with Crippen molar-refractivity contribution in [3.05, 3.63) is 32.8 Å². The Morgan fingerprint density at radius 3 is 2.78 bits per heavy atom. The van der Waals surface area contributed by atoms with Crippen molar-refractivity contribution in [2.75, 3.05) is 25.1 Å². The largest absolute Gasteiger partial charge is 0.382 e. The van der Waals surface area contributed by atoms with Crippen LogP contribution in [-0.2, 0) is 4.74 Å². The lowest BCUT2D eigenvalue weighted by Crippen LogP contribution is -2.13. The molecule has 0 aliphatic heterocycles. The molecule has 8 heteroatoms. The van der Waals surface area contributed by atoms with E-state index in [1.165, 1.54) is 18.2 Å². The van der Waals surface area contributed by atoms with Gasteiger partial charge in [0.1, 0.15) is 6.61 Å². The van der Waals surface area contributed by atoms with Gasteiger partial charge in [-0.25, -0.2) is 8.78 Å². The fraction of sp³-hybridized carbons (Fsp3) is 0.400. The molecule has 0 heterocycles. The van der Waals surface area contributed by atoms with Crippen LogP contribution in [0.2, 0.25) is 0 Å². The first-order valence-corrected chi connectivity index (χ1v) is 5.83. The maximum atomic E-state index is 11.8. The van der Waals surface area contributed by atoms with Crippen LogP contribution in [0.4, 0.5) is 20.2 Å². The second-order valence-corrected chi connectivity index (χ2v) is 4.17. The van der Waals surface area contributed by atoms with Crippen molar-refractivity contribution in [2.45, 2.75) is 6.43 Å². The average Bonchev–Trinajstić information content (AvgIpc) is 2.29. The summed E-state index contributed by atoms with van der Waals surface area (Å²) in [6, 6.07) is 4.25. The fourth-order valence-corrected chi connectivity index (χ4v) is 1.70. The van der Waals surface area contributed by atoms with E-state index in [1.54, 1.807) is 0 Å². The molecule has 1 aromatic rings. The minimum Gasteiger partial charge on any atom is -0.382 e. The smallest absolute Gasteiger partial charge is 0.270 e. The summed E-state index contributed by atoms with van der Waals surface area (Å²) in [6.07, 6.45) is -2.48. The van der Waals surface area contributed by atoms with Crippen LogP contribution in [0.1, 0.15) is 0 Å². The summed E-state index contributed by atoms with van der Waals surface area (Å²) in [6.45, 7) is -0.125. The molecule has 18 heavy (non-hydrogen) atoms. The molecule has 0 aliphatic carbocycles. The minimum absolute atomic E-state index is 0.0265. The first-order valence-electron chi connectivity index (χ1n) is 5.04. The molecule has 1 rings (SSSR count). The molecule has 0 radical (unpaired) electrons. The van der Waals surface area contributed by atoms with Crippen LogP contribution in [0.25, 0.3) is 0 Å². The minimum atomic E-state index is -2.48. The van der Waals surface area contributed by atoms with Crippen LogP contribution >= 0.6 is 15.9 Å². The van der Waals surface area contributed by atoms with Crippen molar-refractivity contribution >= 4 is 27.3 Å². The molecule has 1 N–H and O–H groups in total. The molecule has 0 saturated heterocycles. The lowest BCUT2D eigenvalue weighted by molar-refractivity contribution is -0.384. The van der Waals surface area contributed by atoms with Gasteiger partial charge in [0, 0.05) is 28.8 Å². The van der Waals surface area contributed by atoms with E-state index in [1.807, 2.05) is 0 Å². The molecule has 0 saturated carbocycles. The number of non-ortho nitro benzene ring substituents is 1. The third kappa shape index (κ3) is 4.92. The number of hydrogen-bond donors (Lipinski definition) is 1. The molecular weight excluding hydrogens is 314 g/mol. The summed E-state index contributed by atoms with van der Waals surface area (Å²) in [4.78, 5) is 10.0. The topological polar surface area (TPSA) is 64.4 Å². The summed E-state index contributed by atoms with van der Waals surface area (Å²) in [5.41, 5.74) is 0.614.